The summed E-state index contributed by atoms with van der Waals surface area (Å²) in [4.78, 5) is 55.2. The highest BCUT2D eigenvalue weighted by molar-refractivity contribution is 6.09. The second-order valence-electron chi connectivity index (χ2n) is 17.1. The fraction of sp³-hybridized carbons (Fsp3) is 0.500. The van der Waals surface area contributed by atoms with Gasteiger partial charge in [-0.25, -0.2) is 4.79 Å². The summed E-state index contributed by atoms with van der Waals surface area (Å²) >= 11 is 0. The molecule has 0 spiro atoms. The molecule has 2 saturated carbocycles. The second kappa shape index (κ2) is 15.9. The van der Waals surface area contributed by atoms with Crippen LogP contribution in [0.2, 0.25) is 0 Å². The zero-order valence-electron chi connectivity index (χ0n) is 34.2. The van der Waals surface area contributed by atoms with E-state index in [0.29, 0.717) is 29.6 Å². The molecule has 2 aliphatic carbocycles. The molecule has 2 aromatic carbocycles. The van der Waals surface area contributed by atoms with Crippen LogP contribution in [0.5, 0.6) is 5.75 Å². The van der Waals surface area contributed by atoms with E-state index in [1.807, 2.05) is 50.0 Å². The quantitative estimate of drug-likeness (QED) is 0.160. The molecule has 5 heterocycles. The molecule has 2 saturated heterocycles. The number of anilines is 2. The van der Waals surface area contributed by atoms with Crippen molar-refractivity contribution in [3.63, 3.8) is 0 Å². The molecule has 2 aliphatic heterocycles. The first-order valence-electron chi connectivity index (χ1n) is 21.1. The van der Waals surface area contributed by atoms with Gasteiger partial charge in [-0.05, 0) is 107 Å². The van der Waals surface area contributed by atoms with Crippen molar-refractivity contribution in [2.45, 2.75) is 95.4 Å². The lowest BCUT2D eigenvalue weighted by molar-refractivity contribution is -0.120. The summed E-state index contributed by atoms with van der Waals surface area (Å²) in [5.74, 6) is 1.19. The highest BCUT2D eigenvalue weighted by Gasteiger charge is 2.34. The molecular weight excluding hydrogens is 751 g/mol. The van der Waals surface area contributed by atoms with Gasteiger partial charge in [0.1, 0.15) is 11.4 Å². The number of carbonyl (C=O) groups is 3. The molecule has 5 aromatic rings. The summed E-state index contributed by atoms with van der Waals surface area (Å²) in [6.45, 7) is 7.05. The summed E-state index contributed by atoms with van der Waals surface area (Å²) in [5.41, 5.74) is 3.37. The van der Waals surface area contributed by atoms with Gasteiger partial charge < -0.3 is 24.3 Å². The Balaban J connectivity index is 0.829. The van der Waals surface area contributed by atoms with E-state index in [1.165, 1.54) is 5.56 Å². The van der Waals surface area contributed by atoms with E-state index in [1.54, 1.807) is 34.9 Å². The van der Waals surface area contributed by atoms with Gasteiger partial charge in [0.2, 0.25) is 5.91 Å². The van der Waals surface area contributed by atoms with E-state index < -0.39 is 6.03 Å². The van der Waals surface area contributed by atoms with Crippen LogP contribution in [0.3, 0.4) is 0 Å². The zero-order chi connectivity index (χ0) is 40.9. The molecule has 310 valence electrons. The van der Waals surface area contributed by atoms with Gasteiger partial charge in [-0.3, -0.25) is 34.0 Å². The van der Waals surface area contributed by atoms with Gasteiger partial charge in [-0.15, -0.1) is 0 Å². The Morgan fingerprint density at radius 3 is 2.51 bits per heavy atom. The van der Waals surface area contributed by atoms with Crippen LogP contribution >= 0.6 is 0 Å². The minimum Gasteiger partial charge on any atom is -0.490 e. The zero-order valence-corrected chi connectivity index (χ0v) is 34.2. The highest BCUT2D eigenvalue weighted by atomic mass is 16.5. The maximum atomic E-state index is 13.7. The lowest BCUT2D eigenvalue weighted by atomic mass is 9.83. The van der Waals surface area contributed by atoms with Gasteiger partial charge in [-0.1, -0.05) is 6.07 Å². The fourth-order valence-electron chi connectivity index (χ4n) is 9.40. The number of piperidine rings is 1. The number of carbonyl (C=O) groups excluding carboxylic acids is 3. The molecule has 15 heteroatoms. The number of pyridine rings is 1. The van der Waals surface area contributed by atoms with Crippen LogP contribution in [0.15, 0.2) is 59.7 Å². The molecule has 0 radical (unpaired) electrons. The number of rotatable bonds is 11. The van der Waals surface area contributed by atoms with Crippen molar-refractivity contribution in [1.29, 1.82) is 0 Å². The van der Waals surface area contributed by atoms with Crippen LogP contribution in [-0.2, 0) is 16.6 Å². The summed E-state index contributed by atoms with van der Waals surface area (Å²) in [6.07, 6.45) is 11.2. The lowest BCUT2D eigenvalue weighted by Crippen LogP contribution is -2.49. The van der Waals surface area contributed by atoms with Crippen molar-refractivity contribution in [1.82, 2.24) is 34.3 Å². The van der Waals surface area contributed by atoms with E-state index >= 15 is 0 Å². The number of ether oxygens (including phenoxy) is 2. The van der Waals surface area contributed by atoms with Crippen molar-refractivity contribution >= 4 is 51.2 Å². The predicted molar refractivity (Wildman–Crippen MR) is 224 cm³/mol. The van der Waals surface area contributed by atoms with Crippen LogP contribution in [-0.4, -0.2) is 92.4 Å². The Labute approximate surface area is 342 Å². The molecule has 2 atom stereocenters. The number of amides is 4. The summed E-state index contributed by atoms with van der Waals surface area (Å²) in [5, 5.41) is 16.7. The van der Waals surface area contributed by atoms with Gasteiger partial charge in [0, 0.05) is 81.4 Å². The molecule has 15 nitrogen and oxygen atoms in total. The molecule has 0 unspecified atom stereocenters. The molecule has 4 amide bonds. The number of nitrogens with zero attached hydrogens (tertiary/aromatic N) is 7. The molecule has 4 fully saturated rings. The molecule has 3 aromatic heterocycles. The number of aromatic nitrogens is 5. The Morgan fingerprint density at radius 2 is 1.76 bits per heavy atom. The molecule has 2 N–H and O–H groups in total. The number of nitrogens with one attached hydrogen (secondary N) is 2. The number of fused-ring (bicyclic) bond motifs is 2. The molecule has 59 heavy (non-hydrogen) atoms. The number of methoxy groups -OCH3 is 1. The van der Waals surface area contributed by atoms with Crippen LogP contribution in [0.4, 0.5) is 16.3 Å². The molecule has 0 bridgehead atoms. The van der Waals surface area contributed by atoms with Gasteiger partial charge in [0.15, 0.2) is 5.82 Å². The first-order valence-corrected chi connectivity index (χ1v) is 21.1. The predicted octanol–water partition coefficient (Wildman–Crippen LogP) is 6.14. The number of likely N-dealkylation sites (tertiary alicyclic amines) is 1. The maximum Gasteiger partial charge on any atom is 0.329 e. The Morgan fingerprint density at radius 1 is 0.966 bits per heavy atom. The number of hydrogen-bond donors (Lipinski definition) is 2. The average molecular weight is 804 g/mol. The van der Waals surface area contributed by atoms with Crippen molar-refractivity contribution in [2.24, 2.45) is 13.0 Å². The third-order valence-corrected chi connectivity index (χ3v) is 12.6. The minimum atomic E-state index is -0.435. The van der Waals surface area contributed by atoms with E-state index in [2.05, 4.69) is 37.4 Å². The van der Waals surface area contributed by atoms with Crippen molar-refractivity contribution in [3.05, 3.63) is 76.3 Å². The molecule has 4 aliphatic rings. The third kappa shape index (κ3) is 7.85. The lowest BCUT2D eigenvalue weighted by Gasteiger charge is -2.40. The largest absolute Gasteiger partial charge is 0.490 e. The standard InChI is InChI=1S/C44H53N9O6/c1-26(2)59-38-22-36-29(20-34(38)42(55)45-35-6-5-17-51(43(35)56)30-12-13-30)24-53(47-36)31-10-7-27(8-11-31)23-50-18-15-32(39(25-50)58-4)28-9-14-33-37(21-28)49(3)48-41(33)52-19-16-40(54)46-44(52)57/h5-6,9,14,17,20-22,24,26-27,30-32,39H,7-8,10-13,15-16,18-19,23,25H2,1-4H3,(H,45,55)(H,46,54,57)/t27?,31?,32-,39-/m0/s1. The normalized spacial score (nSPS) is 23.0. The fourth-order valence-corrected chi connectivity index (χ4v) is 9.40. The SMILES string of the molecule is CO[C@H]1CN(CC2CCC(n3cc4cc(C(=O)Nc5cccn(C6CC6)c5=O)c(OC(C)C)cc4n3)CC2)CC[C@H]1c1ccc2c(N3CCC(=O)NC3=O)nn(C)c2c1. The second-order valence-corrected chi connectivity index (χ2v) is 17.1. The van der Waals surface area contributed by atoms with Gasteiger partial charge >= 0.3 is 6.03 Å². The first-order chi connectivity index (χ1) is 28.5. The van der Waals surface area contributed by atoms with Crippen LogP contribution < -0.4 is 25.8 Å². The minimum absolute atomic E-state index is 0.0475. The van der Waals surface area contributed by atoms with E-state index in [4.69, 9.17) is 14.6 Å². The van der Waals surface area contributed by atoms with Crippen LogP contribution in [0.1, 0.15) is 99.1 Å². The highest BCUT2D eigenvalue weighted by Crippen LogP contribution is 2.38. The summed E-state index contributed by atoms with van der Waals surface area (Å²) in [6, 6.07) is 13.5. The van der Waals surface area contributed by atoms with Gasteiger partial charge in [-0.2, -0.15) is 10.2 Å². The van der Waals surface area contributed by atoms with Crippen molar-refractivity contribution < 1.29 is 23.9 Å². The van der Waals surface area contributed by atoms with Gasteiger partial charge in [0.25, 0.3) is 11.5 Å². The summed E-state index contributed by atoms with van der Waals surface area (Å²) < 4.78 is 17.8. The van der Waals surface area contributed by atoms with E-state index in [-0.39, 0.29) is 59.7 Å². The Hall–Kier alpha value is -5.54. The topological polar surface area (TPSA) is 158 Å². The number of aryl methyl sites for hydroxylation is 1. The number of urea groups is 1. The number of benzene rings is 2. The van der Waals surface area contributed by atoms with Crippen molar-refractivity contribution in [3.8, 4) is 5.75 Å². The Kier molecular flexibility index (Phi) is 10.5. The molecule has 9 rings (SSSR count). The average Bonchev–Trinajstić information content (AvgIpc) is 3.90. The number of imide groups is 1. The Bertz CT molecular complexity index is 2480. The van der Waals surface area contributed by atoms with E-state index in [0.717, 1.165) is 86.4 Å². The molecular formula is C44H53N9O6. The van der Waals surface area contributed by atoms with Crippen LogP contribution in [0, 0.1) is 5.92 Å². The van der Waals surface area contributed by atoms with Gasteiger partial charge in [0.05, 0.1) is 34.8 Å². The monoisotopic (exact) mass is 803 g/mol. The number of hydrogen-bond acceptors (Lipinski definition) is 9. The third-order valence-electron chi connectivity index (χ3n) is 12.6. The first kappa shape index (κ1) is 38.9. The van der Waals surface area contributed by atoms with Crippen LogP contribution in [0.25, 0.3) is 21.8 Å². The maximum absolute atomic E-state index is 13.7. The van der Waals surface area contributed by atoms with Crippen molar-refractivity contribution in [2.75, 3.05) is 43.5 Å². The summed E-state index contributed by atoms with van der Waals surface area (Å²) in [7, 11) is 3.69. The smallest absolute Gasteiger partial charge is 0.329 e. The van der Waals surface area contributed by atoms with E-state index in [9.17, 15) is 19.2 Å².